The summed E-state index contributed by atoms with van der Waals surface area (Å²) in [6.07, 6.45) is 2.89. The van der Waals surface area contributed by atoms with E-state index >= 15 is 0 Å². The Bertz CT molecular complexity index is 976. The molecular weight excluding hydrogens is 444 g/mol. The zero-order valence-electron chi connectivity index (χ0n) is 20.7. The van der Waals surface area contributed by atoms with Crippen LogP contribution in [-0.4, -0.2) is 54.2 Å². The van der Waals surface area contributed by atoms with Gasteiger partial charge in [-0.25, -0.2) is 4.79 Å². The van der Waals surface area contributed by atoms with Gasteiger partial charge in [-0.3, -0.25) is 9.59 Å². The number of aliphatic carboxylic acids is 1. The maximum absolute atomic E-state index is 12.4. The summed E-state index contributed by atoms with van der Waals surface area (Å²) < 4.78 is 5.58. The molecule has 1 atom stereocenters. The third-order valence-electron chi connectivity index (χ3n) is 6.68. The number of nitrogens with zero attached hydrogens (tertiary/aromatic N) is 1. The second-order valence-corrected chi connectivity index (χ2v) is 9.06. The Kier molecular flexibility index (Phi) is 9.70. The molecule has 0 heterocycles. The summed E-state index contributed by atoms with van der Waals surface area (Å²) in [6, 6.07) is 16.5. The van der Waals surface area contributed by atoms with Crippen LogP contribution in [0.15, 0.2) is 48.5 Å². The molecule has 0 aromatic heterocycles. The summed E-state index contributed by atoms with van der Waals surface area (Å²) in [4.78, 5) is 37.2. The van der Waals surface area contributed by atoms with Crippen molar-refractivity contribution in [3.8, 4) is 11.1 Å². The maximum atomic E-state index is 12.4. The van der Waals surface area contributed by atoms with Crippen molar-refractivity contribution in [3.05, 3.63) is 59.7 Å². The number of ether oxygens (including phenoxy) is 1. The van der Waals surface area contributed by atoms with Gasteiger partial charge in [0.05, 0.1) is 0 Å². The van der Waals surface area contributed by atoms with Crippen molar-refractivity contribution in [1.82, 2.24) is 10.2 Å². The topological polar surface area (TPSA) is 95.9 Å². The average molecular weight is 481 g/mol. The van der Waals surface area contributed by atoms with E-state index in [2.05, 4.69) is 36.5 Å². The molecule has 188 valence electrons. The van der Waals surface area contributed by atoms with Crippen molar-refractivity contribution in [2.24, 2.45) is 5.92 Å². The third-order valence-corrected chi connectivity index (χ3v) is 6.68. The molecule has 2 N–H and O–H groups in total. The highest BCUT2D eigenvalue weighted by Crippen LogP contribution is 2.44. The van der Waals surface area contributed by atoms with Crippen molar-refractivity contribution in [3.63, 3.8) is 0 Å². The lowest BCUT2D eigenvalue weighted by Gasteiger charge is -2.21. The summed E-state index contributed by atoms with van der Waals surface area (Å²) in [5.41, 5.74) is 4.74. The molecule has 0 saturated carbocycles. The minimum Gasteiger partial charge on any atom is -0.480 e. The first-order chi connectivity index (χ1) is 16.9. The molecule has 35 heavy (non-hydrogen) atoms. The molecule has 0 radical (unpaired) electrons. The van der Waals surface area contributed by atoms with E-state index < -0.39 is 12.1 Å². The molecule has 0 bridgehead atoms. The average Bonchev–Trinajstić information content (AvgIpc) is 3.17. The Balaban J connectivity index is 1.43. The first-order valence-corrected chi connectivity index (χ1v) is 12.5. The molecule has 1 aliphatic rings. The van der Waals surface area contributed by atoms with Gasteiger partial charge < -0.3 is 20.1 Å². The maximum Gasteiger partial charge on any atom is 0.407 e. The third kappa shape index (κ3) is 7.07. The van der Waals surface area contributed by atoms with Gasteiger partial charge in [0.15, 0.2) is 0 Å². The van der Waals surface area contributed by atoms with E-state index in [1.807, 2.05) is 31.2 Å². The van der Waals surface area contributed by atoms with E-state index in [-0.39, 0.29) is 30.9 Å². The predicted octanol–water partition coefficient (Wildman–Crippen LogP) is 5.04. The minimum atomic E-state index is -0.994. The first-order valence-electron chi connectivity index (χ1n) is 12.5. The molecule has 7 nitrogen and oxygen atoms in total. The molecule has 0 fully saturated rings. The number of hydrogen-bond donors (Lipinski definition) is 2. The van der Waals surface area contributed by atoms with Crippen molar-refractivity contribution < 1.29 is 24.2 Å². The van der Waals surface area contributed by atoms with Gasteiger partial charge >= 0.3 is 12.1 Å². The van der Waals surface area contributed by atoms with E-state index in [0.29, 0.717) is 25.9 Å². The number of nitrogens with one attached hydrogen (secondary N) is 1. The zero-order chi connectivity index (χ0) is 25.2. The smallest absolute Gasteiger partial charge is 0.407 e. The van der Waals surface area contributed by atoms with Crippen LogP contribution in [-0.2, 0) is 14.3 Å². The second kappa shape index (κ2) is 12.9. The van der Waals surface area contributed by atoms with Crippen LogP contribution in [0.5, 0.6) is 0 Å². The van der Waals surface area contributed by atoms with E-state index in [1.165, 1.54) is 27.2 Å². The lowest BCUT2D eigenvalue weighted by Crippen LogP contribution is -2.36. The number of amides is 2. The minimum absolute atomic E-state index is 0.0272. The Labute approximate surface area is 207 Å². The molecule has 2 amide bonds. The van der Waals surface area contributed by atoms with E-state index in [9.17, 15) is 14.4 Å². The lowest BCUT2D eigenvalue weighted by atomic mass is 9.96. The van der Waals surface area contributed by atoms with Crippen molar-refractivity contribution >= 4 is 18.0 Å². The van der Waals surface area contributed by atoms with Crippen molar-refractivity contribution in [2.45, 2.75) is 51.9 Å². The first kappa shape index (κ1) is 26.3. The van der Waals surface area contributed by atoms with Crippen molar-refractivity contribution in [1.29, 1.82) is 0 Å². The number of carbonyl (C=O) groups is 3. The van der Waals surface area contributed by atoms with Gasteiger partial charge in [0.2, 0.25) is 5.91 Å². The van der Waals surface area contributed by atoms with Gasteiger partial charge in [-0.15, -0.1) is 0 Å². The normalized spacial score (nSPS) is 13.0. The van der Waals surface area contributed by atoms with E-state index in [4.69, 9.17) is 9.84 Å². The number of benzene rings is 2. The number of fused-ring (bicyclic) bond motifs is 3. The highest BCUT2D eigenvalue weighted by Gasteiger charge is 2.29. The summed E-state index contributed by atoms with van der Waals surface area (Å²) >= 11 is 0. The Morgan fingerprint density at radius 2 is 1.63 bits per heavy atom. The van der Waals surface area contributed by atoms with Crippen LogP contribution in [0, 0.1) is 5.92 Å². The molecule has 1 aliphatic carbocycles. The van der Waals surface area contributed by atoms with Crippen LogP contribution < -0.4 is 5.32 Å². The van der Waals surface area contributed by atoms with Crippen LogP contribution in [0.4, 0.5) is 4.79 Å². The fourth-order valence-corrected chi connectivity index (χ4v) is 4.79. The molecule has 1 unspecified atom stereocenters. The predicted molar refractivity (Wildman–Crippen MR) is 135 cm³/mol. The van der Waals surface area contributed by atoms with Gasteiger partial charge in [0.1, 0.15) is 13.2 Å². The molecule has 2 aromatic rings. The van der Waals surface area contributed by atoms with Crippen LogP contribution >= 0.6 is 0 Å². The summed E-state index contributed by atoms with van der Waals surface area (Å²) in [5.74, 6) is -0.830. The fourth-order valence-electron chi connectivity index (χ4n) is 4.79. The molecule has 0 aliphatic heterocycles. The van der Waals surface area contributed by atoms with Crippen LogP contribution in [0.2, 0.25) is 0 Å². The monoisotopic (exact) mass is 480 g/mol. The molecule has 0 saturated heterocycles. The Morgan fingerprint density at radius 1 is 1.00 bits per heavy atom. The number of rotatable bonds is 13. The van der Waals surface area contributed by atoms with Crippen LogP contribution in [0.1, 0.15) is 63.0 Å². The quantitative estimate of drug-likeness (QED) is 0.418. The summed E-state index contributed by atoms with van der Waals surface area (Å²) in [5, 5.41) is 11.9. The number of hydrogen-bond acceptors (Lipinski definition) is 4. The van der Waals surface area contributed by atoms with Gasteiger partial charge in [0, 0.05) is 25.4 Å². The molecule has 0 spiro atoms. The largest absolute Gasteiger partial charge is 0.480 e. The SMILES string of the molecule is CCCN(CC(=O)O)C(=O)CCC(CC)CCNC(=O)OCC1c2ccccc2-c2ccccc21. The lowest BCUT2D eigenvalue weighted by molar-refractivity contribution is -0.144. The number of carbonyl (C=O) groups excluding carboxylic acids is 2. The van der Waals surface area contributed by atoms with Gasteiger partial charge in [-0.2, -0.15) is 0 Å². The van der Waals surface area contributed by atoms with E-state index in [1.54, 1.807) is 0 Å². The van der Waals surface area contributed by atoms with Gasteiger partial charge in [0.25, 0.3) is 0 Å². The Hall–Kier alpha value is -3.35. The molecule has 3 rings (SSSR count). The number of alkyl carbamates (subject to hydrolysis) is 1. The van der Waals surface area contributed by atoms with Crippen LogP contribution in [0.25, 0.3) is 11.1 Å². The highest BCUT2D eigenvalue weighted by atomic mass is 16.5. The summed E-state index contributed by atoms with van der Waals surface area (Å²) in [7, 11) is 0. The van der Waals surface area contributed by atoms with E-state index in [0.717, 1.165) is 19.3 Å². The number of carboxylic acid groups (broad SMARTS) is 1. The van der Waals surface area contributed by atoms with Crippen molar-refractivity contribution in [2.75, 3.05) is 26.2 Å². The summed E-state index contributed by atoms with van der Waals surface area (Å²) in [6.45, 7) is 4.92. The Morgan fingerprint density at radius 3 is 2.20 bits per heavy atom. The fraction of sp³-hybridized carbons (Fsp3) is 0.464. The van der Waals surface area contributed by atoms with Gasteiger partial charge in [-0.05, 0) is 47.4 Å². The zero-order valence-corrected chi connectivity index (χ0v) is 20.7. The molecule has 7 heteroatoms. The van der Waals surface area contributed by atoms with Gasteiger partial charge in [-0.1, -0.05) is 68.8 Å². The number of carboxylic acids is 1. The molecule has 2 aromatic carbocycles. The standard InChI is InChI=1S/C28H36N2O5/c1-3-17-30(18-27(32)33)26(31)14-13-20(4-2)15-16-29-28(34)35-19-25-23-11-7-5-9-21(23)22-10-6-8-12-24(22)25/h5-12,20,25H,3-4,13-19H2,1-2H3,(H,29,34)(H,32,33). The second-order valence-electron chi connectivity index (χ2n) is 9.06. The highest BCUT2D eigenvalue weighted by molar-refractivity contribution is 5.81. The van der Waals surface area contributed by atoms with Crippen LogP contribution in [0.3, 0.4) is 0 Å². The molecular formula is C28H36N2O5.